The lowest BCUT2D eigenvalue weighted by molar-refractivity contribution is 0.0983. The van der Waals surface area contributed by atoms with Crippen LogP contribution in [0.2, 0.25) is 0 Å². The average Bonchev–Trinajstić information content (AvgIpc) is 2.89. The van der Waals surface area contributed by atoms with Crippen LogP contribution in [-0.4, -0.2) is 12.4 Å². The molecule has 4 aromatic carbocycles. The van der Waals surface area contributed by atoms with E-state index in [1.165, 1.54) is 0 Å². The van der Waals surface area contributed by atoms with E-state index in [1.807, 2.05) is 104 Å². The molecule has 172 valence electrons. The van der Waals surface area contributed by atoms with E-state index in [-0.39, 0.29) is 5.78 Å². The molecule has 0 aliphatic heterocycles. The second-order valence-corrected chi connectivity index (χ2v) is 7.96. The van der Waals surface area contributed by atoms with Crippen LogP contribution in [0.25, 0.3) is 0 Å². The zero-order valence-electron chi connectivity index (χ0n) is 19.4. The predicted octanol–water partition coefficient (Wildman–Crippen LogP) is 7.22. The minimum atomic E-state index is 0.123. The van der Waals surface area contributed by atoms with Crippen LogP contribution >= 0.6 is 0 Å². The Morgan fingerprint density at radius 2 is 1.38 bits per heavy atom. The molecular weight excluding hydrogens is 422 g/mol. The normalized spacial score (nSPS) is 10.5. The van der Waals surface area contributed by atoms with Crippen molar-refractivity contribution in [1.82, 2.24) is 0 Å². The molecule has 1 N–H and O–H groups in total. The van der Waals surface area contributed by atoms with E-state index >= 15 is 0 Å². The van der Waals surface area contributed by atoms with E-state index in [0.717, 1.165) is 34.0 Å². The molecule has 0 atom stereocenters. The molecule has 0 saturated carbocycles. The number of nitrogens with one attached hydrogen (secondary N) is 1. The Morgan fingerprint density at radius 1 is 0.735 bits per heavy atom. The second-order valence-electron chi connectivity index (χ2n) is 7.96. The fraction of sp³-hybridized carbons (Fsp3) is 0.167. The maximum atomic E-state index is 12.7. The highest BCUT2D eigenvalue weighted by Crippen LogP contribution is 2.25. The molecule has 0 aliphatic carbocycles. The molecule has 0 saturated heterocycles. The number of rotatable bonds is 11. The van der Waals surface area contributed by atoms with E-state index in [2.05, 4.69) is 11.4 Å². The summed E-state index contributed by atoms with van der Waals surface area (Å²) in [5, 5.41) is 3.48. The molecule has 0 aliphatic rings. The number of carbonyl (C=O) groups excluding carboxylic acids is 1. The van der Waals surface area contributed by atoms with Crippen LogP contribution < -0.4 is 14.8 Å². The van der Waals surface area contributed by atoms with Gasteiger partial charge in [-0.25, -0.2) is 0 Å². The predicted molar refractivity (Wildman–Crippen MR) is 137 cm³/mol. The third-order valence-electron chi connectivity index (χ3n) is 5.51. The number of hydrogen-bond donors (Lipinski definition) is 1. The quantitative estimate of drug-likeness (QED) is 0.245. The molecular formula is C30H29NO3. The second kappa shape index (κ2) is 11.7. The number of para-hydroxylation sites is 1. The summed E-state index contributed by atoms with van der Waals surface area (Å²) in [7, 11) is 0. The molecule has 0 unspecified atom stereocenters. The Labute approximate surface area is 201 Å². The molecule has 4 nitrogen and oxygen atoms in total. The van der Waals surface area contributed by atoms with Gasteiger partial charge < -0.3 is 14.8 Å². The molecule has 0 heterocycles. The van der Waals surface area contributed by atoms with Gasteiger partial charge in [0.2, 0.25) is 0 Å². The lowest BCUT2D eigenvalue weighted by atomic mass is 10.0. The largest absolute Gasteiger partial charge is 0.494 e. The van der Waals surface area contributed by atoms with Gasteiger partial charge in [0.15, 0.2) is 5.78 Å². The SMILES string of the molecule is CCOc1ccc(C(=O)CCc2ccccc2Nc2ccc(OCc3ccccc3)cc2)cc1. The number of benzene rings is 4. The molecule has 34 heavy (non-hydrogen) atoms. The van der Waals surface area contributed by atoms with Gasteiger partial charge in [-0.1, -0.05) is 48.5 Å². The van der Waals surface area contributed by atoms with Crippen LogP contribution in [0.4, 0.5) is 11.4 Å². The van der Waals surface area contributed by atoms with Crippen molar-refractivity contribution in [1.29, 1.82) is 0 Å². The van der Waals surface area contributed by atoms with Gasteiger partial charge in [-0.15, -0.1) is 0 Å². The van der Waals surface area contributed by atoms with Gasteiger partial charge in [0.25, 0.3) is 0 Å². The summed E-state index contributed by atoms with van der Waals surface area (Å²) in [5.74, 6) is 1.73. The monoisotopic (exact) mass is 451 g/mol. The van der Waals surface area contributed by atoms with E-state index in [0.29, 0.717) is 31.6 Å². The molecule has 0 amide bonds. The smallest absolute Gasteiger partial charge is 0.163 e. The van der Waals surface area contributed by atoms with Crippen LogP contribution in [0.15, 0.2) is 103 Å². The molecule has 4 aromatic rings. The fourth-order valence-electron chi connectivity index (χ4n) is 3.69. The van der Waals surface area contributed by atoms with E-state index in [9.17, 15) is 4.79 Å². The highest BCUT2D eigenvalue weighted by atomic mass is 16.5. The van der Waals surface area contributed by atoms with Crippen molar-refractivity contribution in [3.8, 4) is 11.5 Å². The van der Waals surface area contributed by atoms with Gasteiger partial charge in [-0.3, -0.25) is 4.79 Å². The maximum Gasteiger partial charge on any atom is 0.163 e. The third-order valence-corrected chi connectivity index (χ3v) is 5.51. The summed E-state index contributed by atoms with van der Waals surface area (Å²) in [6.45, 7) is 3.10. The highest BCUT2D eigenvalue weighted by Gasteiger charge is 2.09. The minimum Gasteiger partial charge on any atom is -0.494 e. The van der Waals surface area contributed by atoms with E-state index in [1.54, 1.807) is 0 Å². The van der Waals surface area contributed by atoms with Gasteiger partial charge in [0.1, 0.15) is 18.1 Å². The van der Waals surface area contributed by atoms with Gasteiger partial charge in [0, 0.05) is 23.4 Å². The molecule has 0 radical (unpaired) electrons. The van der Waals surface area contributed by atoms with E-state index in [4.69, 9.17) is 9.47 Å². The number of Topliss-reactive ketones (excluding diaryl/α,β-unsaturated/α-hetero) is 1. The standard InChI is InChI=1S/C30H29NO3/c1-2-33-27-17-12-25(13-18-27)30(32)21-14-24-10-6-7-11-29(24)31-26-15-19-28(20-16-26)34-22-23-8-4-3-5-9-23/h3-13,15-20,31H,2,14,21-22H2,1H3. The number of hydrogen-bond acceptors (Lipinski definition) is 4. The van der Waals surface area contributed by atoms with Crippen LogP contribution in [0, 0.1) is 0 Å². The van der Waals surface area contributed by atoms with Crippen LogP contribution in [-0.2, 0) is 13.0 Å². The first-order chi connectivity index (χ1) is 16.7. The Bertz CT molecular complexity index is 1190. The van der Waals surface area contributed by atoms with Gasteiger partial charge in [0.05, 0.1) is 6.61 Å². The van der Waals surface area contributed by atoms with Crippen molar-refractivity contribution in [3.63, 3.8) is 0 Å². The fourth-order valence-corrected chi connectivity index (χ4v) is 3.69. The average molecular weight is 452 g/mol. The highest BCUT2D eigenvalue weighted by molar-refractivity contribution is 5.96. The molecule has 0 aromatic heterocycles. The first kappa shape index (κ1) is 23.1. The summed E-state index contributed by atoms with van der Waals surface area (Å²) in [5.41, 5.74) is 4.92. The van der Waals surface area contributed by atoms with Gasteiger partial charge in [-0.2, -0.15) is 0 Å². The summed E-state index contributed by atoms with van der Waals surface area (Å²) in [6, 6.07) is 33.5. The Kier molecular flexibility index (Phi) is 7.96. The number of ether oxygens (including phenoxy) is 2. The molecule has 0 fully saturated rings. The molecule has 4 rings (SSSR count). The Hall–Kier alpha value is -4.05. The van der Waals surface area contributed by atoms with Crippen molar-refractivity contribution < 1.29 is 14.3 Å². The number of ketones is 1. The van der Waals surface area contributed by atoms with E-state index < -0.39 is 0 Å². The number of aryl methyl sites for hydroxylation is 1. The molecule has 0 spiro atoms. The summed E-state index contributed by atoms with van der Waals surface area (Å²) >= 11 is 0. The number of anilines is 2. The van der Waals surface area contributed by atoms with Crippen molar-refractivity contribution in [3.05, 3.63) is 120 Å². The zero-order chi connectivity index (χ0) is 23.6. The summed E-state index contributed by atoms with van der Waals surface area (Å²) < 4.78 is 11.3. The van der Waals surface area contributed by atoms with Crippen molar-refractivity contribution in [2.24, 2.45) is 0 Å². The molecule has 0 bridgehead atoms. The van der Waals surface area contributed by atoms with Crippen molar-refractivity contribution in [2.75, 3.05) is 11.9 Å². The Balaban J connectivity index is 1.34. The van der Waals surface area contributed by atoms with Crippen molar-refractivity contribution in [2.45, 2.75) is 26.4 Å². The number of carbonyl (C=O) groups is 1. The zero-order valence-corrected chi connectivity index (χ0v) is 19.4. The van der Waals surface area contributed by atoms with Crippen LogP contribution in [0.1, 0.15) is 34.8 Å². The summed E-state index contributed by atoms with van der Waals surface area (Å²) in [6.07, 6.45) is 1.10. The first-order valence-corrected chi connectivity index (χ1v) is 11.6. The van der Waals surface area contributed by atoms with Gasteiger partial charge >= 0.3 is 0 Å². The maximum absolute atomic E-state index is 12.7. The first-order valence-electron chi connectivity index (χ1n) is 11.6. The Morgan fingerprint density at radius 3 is 2.12 bits per heavy atom. The van der Waals surface area contributed by atoms with Crippen LogP contribution in [0.3, 0.4) is 0 Å². The lowest BCUT2D eigenvalue weighted by Gasteiger charge is -2.13. The third kappa shape index (κ3) is 6.48. The van der Waals surface area contributed by atoms with Crippen molar-refractivity contribution >= 4 is 17.2 Å². The van der Waals surface area contributed by atoms with Gasteiger partial charge in [-0.05, 0) is 79.1 Å². The lowest BCUT2D eigenvalue weighted by Crippen LogP contribution is -2.03. The summed E-state index contributed by atoms with van der Waals surface area (Å²) in [4.78, 5) is 12.7. The topological polar surface area (TPSA) is 47.6 Å². The molecule has 4 heteroatoms. The van der Waals surface area contributed by atoms with Crippen LogP contribution in [0.5, 0.6) is 11.5 Å². The minimum absolute atomic E-state index is 0.123.